The summed E-state index contributed by atoms with van der Waals surface area (Å²) in [4.78, 5) is 0. The highest BCUT2D eigenvalue weighted by molar-refractivity contribution is 5.74. The molecule has 0 saturated carbocycles. The van der Waals surface area contributed by atoms with Crippen molar-refractivity contribution in [1.29, 1.82) is 0 Å². The van der Waals surface area contributed by atoms with Crippen molar-refractivity contribution >= 4 is 0 Å². The average Bonchev–Trinajstić information content (AvgIpc) is 2.68. The number of aryl methyl sites for hydroxylation is 2. The smallest absolute Gasteiger partial charge is 0.0144 e. The van der Waals surface area contributed by atoms with E-state index in [0.717, 1.165) is 0 Å². The molecule has 0 nitrogen and oxygen atoms in total. The fourth-order valence-corrected chi connectivity index (χ4v) is 3.60. The van der Waals surface area contributed by atoms with E-state index in [1.165, 1.54) is 28.7 Å². The Morgan fingerprint density at radius 2 is 1.68 bits per heavy atom. The predicted octanol–water partition coefficient (Wildman–Crippen LogP) is 5.58. The summed E-state index contributed by atoms with van der Waals surface area (Å²) in [5.74, 6) is 1.39. The Labute approximate surface area is 116 Å². The van der Waals surface area contributed by atoms with Crippen molar-refractivity contribution in [3.8, 4) is 11.1 Å². The van der Waals surface area contributed by atoms with E-state index in [1.807, 2.05) is 0 Å². The molecule has 0 amide bonds. The van der Waals surface area contributed by atoms with E-state index < -0.39 is 0 Å². The molecule has 3 rings (SSSR count). The van der Waals surface area contributed by atoms with Crippen molar-refractivity contribution in [1.82, 2.24) is 0 Å². The molecule has 1 aliphatic rings. The Bertz CT molecular complexity index is 622. The highest BCUT2D eigenvalue weighted by Gasteiger charge is 2.27. The van der Waals surface area contributed by atoms with Crippen molar-refractivity contribution in [2.75, 3.05) is 0 Å². The molecule has 19 heavy (non-hydrogen) atoms. The van der Waals surface area contributed by atoms with Crippen molar-refractivity contribution in [3.05, 3.63) is 58.7 Å². The summed E-state index contributed by atoms with van der Waals surface area (Å²) in [5.41, 5.74) is 8.74. The zero-order valence-electron chi connectivity index (χ0n) is 12.3. The Kier molecular flexibility index (Phi) is 2.97. The largest absolute Gasteiger partial charge is 0.0613 e. The summed E-state index contributed by atoms with van der Waals surface area (Å²) in [6.45, 7) is 9.13. The number of hydrogen-bond donors (Lipinski definition) is 0. The number of rotatable bonds is 1. The summed E-state index contributed by atoms with van der Waals surface area (Å²) in [6, 6.07) is 13.6. The van der Waals surface area contributed by atoms with Gasteiger partial charge in [0.15, 0.2) is 0 Å². The molecule has 0 fully saturated rings. The molecule has 0 saturated heterocycles. The lowest BCUT2D eigenvalue weighted by Gasteiger charge is -2.15. The lowest BCUT2D eigenvalue weighted by Crippen LogP contribution is -1.94. The van der Waals surface area contributed by atoms with Crippen LogP contribution in [0.1, 0.15) is 54.4 Å². The summed E-state index contributed by atoms with van der Waals surface area (Å²) < 4.78 is 0. The molecule has 2 aromatic rings. The topological polar surface area (TPSA) is 0 Å². The summed E-state index contributed by atoms with van der Waals surface area (Å²) >= 11 is 0. The minimum atomic E-state index is 0.682. The van der Waals surface area contributed by atoms with Gasteiger partial charge in [0, 0.05) is 0 Å². The van der Waals surface area contributed by atoms with Gasteiger partial charge in [-0.15, -0.1) is 0 Å². The second-order valence-corrected chi connectivity index (χ2v) is 6.16. The van der Waals surface area contributed by atoms with Gasteiger partial charge < -0.3 is 0 Å². The summed E-state index contributed by atoms with van der Waals surface area (Å²) in [7, 11) is 0. The van der Waals surface area contributed by atoms with E-state index >= 15 is 0 Å². The standard InChI is InChI=1S/C19H22/c1-12-8-9-13(2)18(10-12)17-7-5-6-16-14(3)11-15(4)19(16)17/h5-10,14-15H,11H2,1-4H3. The first kappa shape index (κ1) is 12.5. The monoisotopic (exact) mass is 250 g/mol. The van der Waals surface area contributed by atoms with Crippen LogP contribution >= 0.6 is 0 Å². The summed E-state index contributed by atoms with van der Waals surface area (Å²) in [6.07, 6.45) is 1.29. The van der Waals surface area contributed by atoms with Crippen LogP contribution in [0.3, 0.4) is 0 Å². The van der Waals surface area contributed by atoms with Gasteiger partial charge in [0.2, 0.25) is 0 Å². The van der Waals surface area contributed by atoms with E-state index in [0.29, 0.717) is 11.8 Å². The molecule has 2 unspecified atom stereocenters. The lowest BCUT2D eigenvalue weighted by atomic mass is 9.89. The van der Waals surface area contributed by atoms with Gasteiger partial charge in [-0.25, -0.2) is 0 Å². The molecular formula is C19H22. The zero-order valence-corrected chi connectivity index (χ0v) is 12.3. The Hall–Kier alpha value is -1.56. The molecule has 0 aliphatic heterocycles. The van der Waals surface area contributed by atoms with Gasteiger partial charge in [0.1, 0.15) is 0 Å². The van der Waals surface area contributed by atoms with Crippen LogP contribution in [0, 0.1) is 13.8 Å². The van der Waals surface area contributed by atoms with Gasteiger partial charge >= 0.3 is 0 Å². The molecule has 0 heterocycles. The normalized spacial score (nSPS) is 21.5. The third-order valence-electron chi connectivity index (χ3n) is 4.55. The van der Waals surface area contributed by atoms with Crippen molar-refractivity contribution in [2.45, 2.75) is 46.0 Å². The van der Waals surface area contributed by atoms with Crippen molar-refractivity contribution < 1.29 is 0 Å². The van der Waals surface area contributed by atoms with Crippen molar-refractivity contribution in [2.24, 2.45) is 0 Å². The Morgan fingerprint density at radius 1 is 0.895 bits per heavy atom. The zero-order chi connectivity index (χ0) is 13.6. The third-order valence-corrected chi connectivity index (χ3v) is 4.55. The maximum Gasteiger partial charge on any atom is -0.0144 e. The molecular weight excluding hydrogens is 228 g/mol. The minimum absolute atomic E-state index is 0.682. The highest BCUT2D eigenvalue weighted by atomic mass is 14.3. The first-order valence-corrected chi connectivity index (χ1v) is 7.28. The molecule has 1 aliphatic carbocycles. The van der Waals surface area contributed by atoms with Crippen LogP contribution in [-0.4, -0.2) is 0 Å². The van der Waals surface area contributed by atoms with Gasteiger partial charge in [0.05, 0.1) is 0 Å². The molecule has 0 N–H and O–H groups in total. The molecule has 0 aromatic heterocycles. The fourth-order valence-electron chi connectivity index (χ4n) is 3.60. The molecule has 2 atom stereocenters. The van der Waals surface area contributed by atoms with E-state index in [1.54, 1.807) is 11.1 Å². The van der Waals surface area contributed by atoms with E-state index in [4.69, 9.17) is 0 Å². The number of fused-ring (bicyclic) bond motifs is 1. The molecule has 0 bridgehead atoms. The van der Waals surface area contributed by atoms with Gasteiger partial charge in [-0.3, -0.25) is 0 Å². The second-order valence-electron chi connectivity index (χ2n) is 6.16. The van der Waals surface area contributed by atoms with E-state index in [-0.39, 0.29) is 0 Å². The average molecular weight is 250 g/mol. The van der Waals surface area contributed by atoms with Gasteiger partial charge in [-0.2, -0.15) is 0 Å². The lowest BCUT2D eigenvalue weighted by molar-refractivity contribution is 0.661. The SMILES string of the molecule is Cc1ccc(C)c(-c2cccc3c2C(C)CC3C)c1. The first-order valence-electron chi connectivity index (χ1n) is 7.28. The van der Waals surface area contributed by atoms with Crippen LogP contribution in [0.5, 0.6) is 0 Å². The van der Waals surface area contributed by atoms with Crippen LogP contribution in [0.2, 0.25) is 0 Å². The quantitative estimate of drug-likeness (QED) is 0.619. The molecule has 0 radical (unpaired) electrons. The number of hydrogen-bond acceptors (Lipinski definition) is 0. The van der Waals surface area contributed by atoms with E-state index in [9.17, 15) is 0 Å². The Balaban J connectivity index is 2.25. The third kappa shape index (κ3) is 2.00. The van der Waals surface area contributed by atoms with Crippen molar-refractivity contribution in [3.63, 3.8) is 0 Å². The van der Waals surface area contributed by atoms with Gasteiger partial charge in [-0.1, -0.05) is 55.8 Å². The maximum absolute atomic E-state index is 2.37. The molecule has 98 valence electrons. The molecule has 0 heteroatoms. The predicted molar refractivity (Wildman–Crippen MR) is 82.8 cm³/mol. The van der Waals surface area contributed by atoms with Crippen LogP contribution in [0.25, 0.3) is 11.1 Å². The Morgan fingerprint density at radius 3 is 2.47 bits per heavy atom. The van der Waals surface area contributed by atoms with E-state index in [2.05, 4.69) is 64.1 Å². The summed E-state index contributed by atoms with van der Waals surface area (Å²) in [5, 5.41) is 0. The van der Waals surface area contributed by atoms with Crippen LogP contribution in [0.15, 0.2) is 36.4 Å². The van der Waals surface area contributed by atoms with Gasteiger partial charge in [-0.05, 0) is 59.9 Å². The van der Waals surface area contributed by atoms with Gasteiger partial charge in [0.25, 0.3) is 0 Å². The second kappa shape index (κ2) is 4.52. The van der Waals surface area contributed by atoms with Crippen LogP contribution < -0.4 is 0 Å². The first-order chi connectivity index (χ1) is 9.08. The fraction of sp³-hybridized carbons (Fsp3) is 0.368. The molecule has 0 spiro atoms. The number of benzene rings is 2. The van der Waals surface area contributed by atoms with Crippen LogP contribution in [0.4, 0.5) is 0 Å². The molecule has 2 aromatic carbocycles. The highest BCUT2D eigenvalue weighted by Crippen LogP contribution is 2.46. The maximum atomic E-state index is 2.37. The van der Waals surface area contributed by atoms with Crippen LogP contribution in [-0.2, 0) is 0 Å². The minimum Gasteiger partial charge on any atom is -0.0613 e.